The number of nitrogens with one attached hydrogen (secondary N) is 1. The van der Waals surface area contributed by atoms with Gasteiger partial charge < -0.3 is 9.84 Å². The van der Waals surface area contributed by atoms with Crippen molar-refractivity contribution in [2.24, 2.45) is 11.8 Å². The summed E-state index contributed by atoms with van der Waals surface area (Å²) in [5.41, 5.74) is 1.10. The Labute approximate surface area is 122 Å². The topological polar surface area (TPSA) is 41.3 Å². The minimum Gasteiger partial charge on any atom is -0.360 e. The summed E-state index contributed by atoms with van der Waals surface area (Å²) < 4.78 is 5.46. The fourth-order valence-electron chi connectivity index (χ4n) is 2.58. The lowest BCUT2D eigenvalue weighted by atomic mass is 9.89. The van der Waals surface area contributed by atoms with Crippen molar-refractivity contribution in [2.45, 2.75) is 59.7 Å². The molecule has 0 saturated carbocycles. The van der Waals surface area contributed by atoms with Gasteiger partial charge in [0.2, 0.25) is 0 Å². The molecule has 0 aliphatic carbocycles. The van der Waals surface area contributed by atoms with E-state index in [0.717, 1.165) is 42.9 Å². The van der Waals surface area contributed by atoms with E-state index in [0.29, 0.717) is 0 Å². The number of aromatic nitrogens is 1. The van der Waals surface area contributed by atoms with Gasteiger partial charge in [-0.2, -0.15) is 0 Å². The molecule has 1 aromatic rings. The van der Waals surface area contributed by atoms with Crippen LogP contribution >= 0.6 is 0 Å². The highest BCUT2D eigenvalue weighted by Crippen LogP contribution is 2.23. The van der Waals surface area contributed by atoms with E-state index in [4.69, 9.17) is 4.52 Å². The lowest BCUT2D eigenvalue weighted by Gasteiger charge is -2.34. The normalized spacial score (nSPS) is 25.1. The summed E-state index contributed by atoms with van der Waals surface area (Å²) in [6, 6.07) is 2.08. The van der Waals surface area contributed by atoms with E-state index in [9.17, 15) is 0 Å². The highest BCUT2D eigenvalue weighted by molar-refractivity contribution is 5.05. The van der Waals surface area contributed by atoms with Crippen molar-refractivity contribution < 1.29 is 4.52 Å². The van der Waals surface area contributed by atoms with Gasteiger partial charge in [0.15, 0.2) is 5.76 Å². The molecule has 1 aliphatic heterocycles. The molecule has 20 heavy (non-hydrogen) atoms. The summed E-state index contributed by atoms with van der Waals surface area (Å²) in [5.74, 6) is 2.60. The molecule has 1 fully saturated rings. The van der Waals surface area contributed by atoms with Crippen LogP contribution in [-0.2, 0) is 13.1 Å². The van der Waals surface area contributed by atoms with Crippen LogP contribution in [0.1, 0.15) is 52.5 Å². The number of likely N-dealkylation sites (tertiary alicyclic amines) is 1. The molecule has 1 aliphatic rings. The number of rotatable bonds is 4. The van der Waals surface area contributed by atoms with Crippen molar-refractivity contribution in [2.75, 3.05) is 13.1 Å². The zero-order chi connectivity index (χ0) is 14.8. The molecule has 0 amide bonds. The van der Waals surface area contributed by atoms with Crippen LogP contribution in [0.4, 0.5) is 0 Å². The third-order valence-corrected chi connectivity index (χ3v) is 4.21. The van der Waals surface area contributed by atoms with Crippen LogP contribution in [0.15, 0.2) is 10.6 Å². The van der Waals surface area contributed by atoms with Gasteiger partial charge in [0, 0.05) is 24.7 Å². The Balaban J connectivity index is 1.84. The number of hydrogen-bond acceptors (Lipinski definition) is 4. The first-order chi connectivity index (χ1) is 9.33. The zero-order valence-corrected chi connectivity index (χ0v) is 13.6. The molecule has 4 heteroatoms. The van der Waals surface area contributed by atoms with Crippen LogP contribution in [-0.4, -0.2) is 28.7 Å². The number of hydrogen-bond donors (Lipinski definition) is 1. The monoisotopic (exact) mass is 279 g/mol. The van der Waals surface area contributed by atoms with Crippen LogP contribution in [0.2, 0.25) is 0 Å². The Bertz CT molecular complexity index is 422. The molecule has 0 spiro atoms. The molecule has 0 aromatic carbocycles. The van der Waals surface area contributed by atoms with Gasteiger partial charge in [-0.1, -0.05) is 19.0 Å². The minimum absolute atomic E-state index is 0.109. The summed E-state index contributed by atoms with van der Waals surface area (Å²) in [6.07, 6.45) is 1.29. The Morgan fingerprint density at radius 2 is 2.10 bits per heavy atom. The van der Waals surface area contributed by atoms with Gasteiger partial charge >= 0.3 is 0 Å². The maximum Gasteiger partial charge on any atom is 0.151 e. The Kier molecular flexibility index (Phi) is 4.86. The highest BCUT2D eigenvalue weighted by Gasteiger charge is 2.23. The Morgan fingerprint density at radius 1 is 1.35 bits per heavy atom. The number of nitrogens with zero attached hydrogens (tertiary/aromatic N) is 2. The zero-order valence-electron chi connectivity index (χ0n) is 13.6. The van der Waals surface area contributed by atoms with Gasteiger partial charge in [0.05, 0.1) is 12.2 Å². The molecule has 0 bridgehead atoms. The third kappa shape index (κ3) is 4.60. The van der Waals surface area contributed by atoms with Crippen molar-refractivity contribution in [1.82, 2.24) is 15.4 Å². The van der Waals surface area contributed by atoms with E-state index >= 15 is 0 Å². The van der Waals surface area contributed by atoms with Crippen molar-refractivity contribution in [3.8, 4) is 0 Å². The van der Waals surface area contributed by atoms with Gasteiger partial charge in [0.25, 0.3) is 0 Å². The lowest BCUT2D eigenvalue weighted by molar-refractivity contribution is 0.121. The van der Waals surface area contributed by atoms with E-state index in [1.807, 2.05) is 0 Å². The average molecular weight is 279 g/mol. The fraction of sp³-hybridized carbons (Fsp3) is 0.812. The van der Waals surface area contributed by atoms with Crippen molar-refractivity contribution in [3.05, 3.63) is 17.5 Å². The smallest absolute Gasteiger partial charge is 0.151 e. The second-order valence-corrected chi connectivity index (χ2v) is 7.37. The Hall–Kier alpha value is -0.870. The molecule has 0 radical (unpaired) electrons. The molecule has 4 nitrogen and oxygen atoms in total. The van der Waals surface area contributed by atoms with Crippen LogP contribution in [0, 0.1) is 11.8 Å². The molecular formula is C16H29N3O. The highest BCUT2D eigenvalue weighted by atomic mass is 16.5. The predicted octanol–water partition coefficient (Wildman–Crippen LogP) is 3.04. The molecule has 2 atom stereocenters. The van der Waals surface area contributed by atoms with E-state index in [-0.39, 0.29) is 5.54 Å². The average Bonchev–Trinajstić information content (AvgIpc) is 2.78. The summed E-state index contributed by atoms with van der Waals surface area (Å²) >= 11 is 0. The molecule has 1 N–H and O–H groups in total. The van der Waals surface area contributed by atoms with E-state index < -0.39 is 0 Å². The first kappa shape index (κ1) is 15.5. The first-order valence-electron chi connectivity index (χ1n) is 7.75. The number of piperidine rings is 1. The summed E-state index contributed by atoms with van der Waals surface area (Å²) in [7, 11) is 0. The van der Waals surface area contributed by atoms with Gasteiger partial charge in [0.1, 0.15) is 0 Å². The third-order valence-electron chi connectivity index (χ3n) is 4.21. The van der Waals surface area contributed by atoms with Crippen molar-refractivity contribution in [3.63, 3.8) is 0 Å². The van der Waals surface area contributed by atoms with Crippen LogP contribution in [0.25, 0.3) is 0 Å². The molecular weight excluding hydrogens is 250 g/mol. The van der Waals surface area contributed by atoms with Gasteiger partial charge in [-0.3, -0.25) is 4.90 Å². The summed E-state index contributed by atoms with van der Waals surface area (Å²) in [4.78, 5) is 2.48. The van der Waals surface area contributed by atoms with Crippen LogP contribution < -0.4 is 5.32 Å². The van der Waals surface area contributed by atoms with Crippen molar-refractivity contribution >= 4 is 0 Å². The largest absolute Gasteiger partial charge is 0.360 e. The molecule has 2 heterocycles. The second kappa shape index (κ2) is 6.27. The van der Waals surface area contributed by atoms with Gasteiger partial charge in [-0.25, -0.2) is 0 Å². The quantitative estimate of drug-likeness (QED) is 0.920. The van der Waals surface area contributed by atoms with Crippen LogP contribution in [0.5, 0.6) is 0 Å². The maximum atomic E-state index is 5.46. The van der Waals surface area contributed by atoms with E-state index in [2.05, 4.69) is 56.1 Å². The van der Waals surface area contributed by atoms with Crippen LogP contribution in [0.3, 0.4) is 0 Å². The standard InChI is InChI=1S/C16H29N3O/c1-12-6-7-19(10-13(12)2)11-15-8-14(18-20-15)9-17-16(3,4)5/h8,12-13,17H,6-7,9-11H2,1-5H3. The van der Waals surface area contributed by atoms with Crippen molar-refractivity contribution in [1.29, 1.82) is 0 Å². The molecule has 1 aromatic heterocycles. The van der Waals surface area contributed by atoms with Gasteiger partial charge in [-0.15, -0.1) is 0 Å². The fourth-order valence-corrected chi connectivity index (χ4v) is 2.58. The molecule has 114 valence electrons. The lowest BCUT2D eigenvalue weighted by Crippen LogP contribution is -2.37. The SMILES string of the molecule is CC1CCN(Cc2cc(CNC(C)(C)C)no2)CC1C. The van der Waals surface area contributed by atoms with Gasteiger partial charge in [-0.05, 0) is 45.6 Å². The van der Waals surface area contributed by atoms with E-state index in [1.54, 1.807) is 0 Å². The summed E-state index contributed by atoms with van der Waals surface area (Å²) in [5, 5.41) is 7.59. The Morgan fingerprint density at radius 3 is 2.75 bits per heavy atom. The molecule has 2 unspecified atom stereocenters. The maximum absolute atomic E-state index is 5.46. The molecule has 1 saturated heterocycles. The first-order valence-corrected chi connectivity index (χ1v) is 7.75. The second-order valence-electron chi connectivity index (χ2n) is 7.37. The summed E-state index contributed by atoms with van der Waals surface area (Å²) in [6.45, 7) is 15.2. The molecule has 2 rings (SSSR count). The predicted molar refractivity (Wildman–Crippen MR) is 81.3 cm³/mol. The minimum atomic E-state index is 0.109. The van der Waals surface area contributed by atoms with E-state index in [1.165, 1.54) is 13.0 Å².